The van der Waals surface area contributed by atoms with Gasteiger partial charge in [0.15, 0.2) is 0 Å². The van der Waals surface area contributed by atoms with Crippen molar-refractivity contribution in [2.45, 2.75) is 38.2 Å². The topological polar surface area (TPSA) is 55.5 Å². The number of ether oxygens (including phenoxy) is 1. The fourth-order valence-corrected chi connectivity index (χ4v) is 3.08. The molecule has 2 fully saturated rings. The van der Waals surface area contributed by atoms with Crippen LogP contribution >= 0.6 is 0 Å². The van der Waals surface area contributed by atoms with E-state index in [1.54, 1.807) is 0 Å². The van der Waals surface area contributed by atoms with Crippen LogP contribution in [0.2, 0.25) is 0 Å². The van der Waals surface area contributed by atoms with Gasteiger partial charge in [0.2, 0.25) is 0 Å². The Morgan fingerprint density at radius 2 is 2.14 bits per heavy atom. The van der Waals surface area contributed by atoms with Gasteiger partial charge >= 0.3 is 0 Å². The Kier molecular flexibility index (Phi) is 2.58. The summed E-state index contributed by atoms with van der Waals surface area (Å²) in [5.74, 6) is 0.222. The zero-order valence-electron chi connectivity index (χ0n) is 8.96. The molecule has 1 aliphatic carbocycles. The average Bonchev–Trinajstić information content (AvgIpc) is 2.09. The van der Waals surface area contributed by atoms with Crippen LogP contribution in [0.1, 0.15) is 32.6 Å². The number of hydrogen-bond donors (Lipinski definition) is 2. The molecule has 2 atom stereocenters. The Bertz CT molecular complexity index is 210. The standard InChI is InChI=1S/C11H21NO2/c1-9-7-14-6-5-11(9,13)10(8-12)3-2-4-10/h9,13H,2-8,12H2,1H3. The summed E-state index contributed by atoms with van der Waals surface area (Å²) in [5.41, 5.74) is 5.27. The van der Waals surface area contributed by atoms with Crippen molar-refractivity contribution in [2.24, 2.45) is 17.1 Å². The van der Waals surface area contributed by atoms with Crippen molar-refractivity contribution >= 4 is 0 Å². The first-order valence-electron chi connectivity index (χ1n) is 5.65. The highest BCUT2D eigenvalue weighted by molar-refractivity contribution is 5.07. The Labute approximate surface area is 85.6 Å². The van der Waals surface area contributed by atoms with Crippen molar-refractivity contribution in [3.63, 3.8) is 0 Å². The highest BCUT2D eigenvalue weighted by Gasteiger charge is 2.56. The summed E-state index contributed by atoms with van der Waals surface area (Å²) in [4.78, 5) is 0. The summed E-state index contributed by atoms with van der Waals surface area (Å²) in [6, 6.07) is 0. The van der Waals surface area contributed by atoms with Crippen LogP contribution in [0.3, 0.4) is 0 Å². The summed E-state index contributed by atoms with van der Waals surface area (Å²) < 4.78 is 5.38. The van der Waals surface area contributed by atoms with Gasteiger partial charge in [-0.3, -0.25) is 0 Å². The molecule has 1 heterocycles. The molecule has 2 rings (SSSR count). The number of aliphatic hydroxyl groups is 1. The van der Waals surface area contributed by atoms with Gasteiger partial charge in [-0.1, -0.05) is 13.3 Å². The van der Waals surface area contributed by atoms with E-state index in [4.69, 9.17) is 10.5 Å². The van der Waals surface area contributed by atoms with E-state index in [-0.39, 0.29) is 11.3 Å². The summed E-state index contributed by atoms with van der Waals surface area (Å²) in [5, 5.41) is 10.8. The van der Waals surface area contributed by atoms with Crippen LogP contribution < -0.4 is 5.73 Å². The van der Waals surface area contributed by atoms with Gasteiger partial charge < -0.3 is 15.6 Å². The molecule has 2 aliphatic rings. The first-order chi connectivity index (χ1) is 6.65. The lowest BCUT2D eigenvalue weighted by Crippen LogP contribution is -2.62. The molecule has 1 aliphatic heterocycles. The van der Waals surface area contributed by atoms with E-state index in [9.17, 15) is 5.11 Å². The van der Waals surface area contributed by atoms with E-state index in [1.807, 2.05) is 0 Å². The second-order valence-electron chi connectivity index (χ2n) is 4.99. The Balaban J connectivity index is 2.19. The molecular weight excluding hydrogens is 178 g/mol. The quantitative estimate of drug-likeness (QED) is 0.695. The first kappa shape index (κ1) is 10.4. The number of nitrogens with two attached hydrogens (primary N) is 1. The molecule has 0 spiro atoms. The van der Waals surface area contributed by atoms with Crippen LogP contribution in [0.5, 0.6) is 0 Å². The van der Waals surface area contributed by atoms with E-state index in [2.05, 4.69) is 6.92 Å². The van der Waals surface area contributed by atoms with Crippen molar-refractivity contribution in [2.75, 3.05) is 19.8 Å². The highest BCUT2D eigenvalue weighted by atomic mass is 16.5. The zero-order chi connectivity index (χ0) is 10.2. The van der Waals surface area contributed by atoms with Gasteiger partial charge in [0.1, 0.15) is 0 Å². The van der Waals surface area contributed by atoms with Crippen LogP contribution in [-0.2, 0) is 4.74 Å². The lowest BCUT2D eigenvalue weighted by atomic mass is 9.54. The van der Waals surface area contributed by atoms with Gasteiger partial charge in [-0.15, -0.1) is 0 Å². The predicted octanol–water partition coefficient (Wildman–Crippen LogP) is 0.903. The Morgan fingerprint density at radius 1 is 1.43 bits per heavy atom. The normalized spacial score (nSPS) is 41.8. The van der Waals surface area contributed by atoms with Crippen LogP contribution in [-0.4, -0.2) is 30.5 Å². The minimum absolute atomic E-state index is 0.00377. The van der Waals surface area contributed by atoms with Crippen molar-refractivity contribution < 1.29 is 9.84 Å². The van der Waals surface area contributed by atoms with E-state index >= 15 is 0 Å². The lowest BCUT2D eigenvalue weighted by Gasteiger charge is -2.57. The smallest absolute Gasteiger partial charge is 0.0784 e. The molecule has 3 nitrogen and oxygen atoms in total. The van der Waals surface area contributed by atoms with Crippen molar-refractivity contribution in [3.05, 3.63) is 0 Å². The number of hydrogen-bond acceptors (Lipinski definition) is 3. The molecule has 3 N–H and O–H groups in total. The van der Waals surface area contributed by atoms with E-state index in [0.717, 1.165) is 19.3 Å². The Morgan fingerprint density at radius 3 is 2.57 bits per heavy atom. The van der Waals surface area contributed by atoms with Gasteiger partial charge in [-0.05, 0) is 12.8 Å². The minimum atomic E-state index is -0.571. The van der Waals surface area contributed by atoms with E-state index in [1.165, 1.54) is 6.42 Å². The summed E-state index contributed by atoms with van der Waals surface area (Å²) in [6.07, 6.45) is 4.15. The van der Waals surface area contributed by atoms with Crippen LogP contribution in [0, 0.1) is 11.3 Å². The third kappa shape index (κ3) is 1.23. The Hall–Kier alpha value is -0.120. The molecule has 3 heteroatoms. The highest BCUT2D eigenvalue weighted by Crippen LogP contribution is 2.53. The molecule has 2 unspecified atom stereocenters. The second kappa shape index (κ2) is 3.47. The molecule has 1 saturated heterocycles. The molecule has 82 valence electrons. The molecule has 0 aromatic heterocycles. The first-order valence-corrected chi connectivity index (χ1v) is 5.65. The molecule has 0 bridgehead atoms. The zero-order valence-corrected chi connectivity index (χ0v) is 8.96. The third-order valence-corrected chi connectivity index (χ3v) is 4.43. The minimum Gasteiger partial charge on any atom is -0.389 e. The average molecular weight is 199 g/mol. The van der Waals surface area contributed by atoms with Crippen molar-refractivity contribution in [3.8, 4) is 0 Å². The van der Waals surface area contributed by atoms with E-state index < -0.39 is 5.60 Å². The summed E-state index contributed by atoms with van der Waals surface area (Å²) >= 11 is 0. The fraction of sp³-hybridized carbons (Fsp3) is 1.00. The van der Waals surface area contributed by atoms with Gasteiger partial charge in [-0.2, -0.15) is 0 Å². The molecule has 0 aromatic carbocycles. The molecule has 0 amide bonds. The fourth-order valence-electron chi connectivity index (χ4n) is 3.08. The van der Waals surface area contributed by atoms with Crippen LogP contribution in [0.25, 0.3) is 0 Å². The maximum atomic E-state index is 10.8. The largest absolute Gasteiger partial charge is 0.389 e. The molecule has 0 radical (unpaired) electrons. The maximum Gasteiger partial charge on any atom is 0.0784 e. The molecule has 14 heavy (non-hydrogen) atoms. The second-order valence-corrected chi connectivity index (χ2v) is 4.99. The molecule has 1 saturated carbocycles. The predicted molar refractivity (Wildman–Crippen MR) is 54.9 cm³/mol. The monoisotopic (exact) mass is 199 g/mol. The maximum absolute atomic E-state index is 10.8. The lowest BCUT2D eigenvalue weighted by molar-refractivity contribution is -0.201. The van der Waals surface area contributed by atoms with Gasteiger partial charge in [0, 0.05) is 30.9 Å². The van der Waals surface area contributed by atoms with Gasteiger partial charge in [0.25, 0.3) is 0 Å². The third-order valence-electron chi connectivity index (χ3n) is 4.43. The number of rotatable bonds is 2. The summed E-state index contributed by atoms with van der Waals surface area (Å²) in [7, 11) is 0. The SMILES string of the molecule is CC1COCCC1(O)C1(CN)CCC1. The molecule has 0 aromatic rings. The van der Waals surface area contributed by atoms with Gasteiger partial charge in [-0.25, -0.2) is 0 Å². The van der Waals surface area contributed by atoms with E-state index in [0.29, 0.717) is 19.8 Å². The summed E-state index contributed by atoms with van der Waals surface area (Å²) in [6.45, 7) is 4.06. The van der Waals surface area contributed by atoms with Gasteiger partial charge in [0.05, 0.1) is 12.2 Å². The molecular formula is C11H21NO2. The van der Waals surface area contributed by atoms with Crippen molar-refractivity contribution in [1.82, 2.24) is 0 Å². The van der Waals surface area contributed by atoms with Crippen LogP contribution in [0.15, 0.2) is 0 Å². The van der Waals surface area contributed by atoms with Crippen LogP contribution in [0.4, 0.5) is 0 Å². The van der Waals surface area contributed by atoms with Crippen molar-refractivity contribution in [1.29, 1.82) is 0 Å².